The Morgan fingerprint density at radius 1 is 1.14 bits per heavy atom. The zero-order valence-corrected chi connectivity index (χ0v) is 16.3. The molecule has 1 amide bonds. The summed E-state index contributed by atoms with van der Waals surface area (Å²) in [7, 11) is 0. The second-order valence-corrected chi connectivity index (χ2v) is 6.49. The number of nitrogens with zero attached hydrogens (tertiary/aromatic N) is 4. The summed E-state index contributed by atoms with van der Waals surface area (Å²) in [5.74, 6) is -0.946. The molecule has 2 unspecified atom stereocenters. The van der Waals surface area contributed by atoms with Gasteiger partial charge < -0.3 is 19.5 Å². The van der Waals surface area contributed by atoms with Gasteiger partial charge in [-0.1, -0.05) is 0 Å². The third-order valence-electron chi connectivity index (χ3n) is 4.00. The highest BCUT2D eigenvalue weighted by atomic mass is 32.1. The molecule has 150 valence electrons. The lowest BCUT2D eigenvalue weighted by molar-refractivity contribution is -0.165. The maximum Gasteiger partial charge on any atom is 0.303 e. The molecule has 0 spiro atoms. The number of rotatable bonds is 5. The van der Waals surface area contributed by atoms with Gasteiger partial charge in [0.1, 0.15) is 12.4 Å². The van der Waals surface area contributed by atoms with Crippen LogP contribution in [0.25, 0.3) is 11.2 Å². The normalized spacial score (nSPS) is 24.1. The number of anilines is 1. The number of aromatic nitrogens is 4. The highest BCUT2D eigenvalue weighted by molar-refractivity contribution is 7.80. The van der Waals surface area contributed by atoms with Crippen molar-refractivity contribution in [3.63, 3.8) is 0 Å². The quantitative estimate of drug-likeness (QED) is 0.534. The number of nitrogens with one attached hydrogen (secondary N) is 1. The fraction of sp³-hybridized carbons (Fsp3) is 0.500. The Labute approximate surface area is 165 Å². The van der Waals surface area contributed by atoms with Crippen molar-refractivity contribution in [2.24, 2.45) is 0 Å². The molecule has 1 N–H and O–H groups in total. The van der Waals surface area contributed by atoms with E-state index in [-0.39, 0.29) is 17.5 Å². The summed E-state index contributed by atoms with van der Waals surface area (Å²) >= 11 is 4.24. The van der Waals surface area contributed by atoms with Crippen molar-refractivity contribution in [2.75, 3.05) is 11.1 Å². The van der Waals surface area contributed by atoms with Crippen LogP contribution in [-0.4, -0.2) is 61.4 Å². The van der Waals surface area contributed by atoms with Crippen LogP contribution in [0.5, 0.6) is 0 Å². The molecule has 3 rings (SSSR count). The van der Waals surface area contributed by atoms with Gasteiger partial charge in [-0.2, -0.15) is 12.6 Å². The van der Waals surface area contributed by atoms with Crippen molar-refractivity contribution >= 4 is 47.5 Å². The second-order valence-electron chi connectivity index (χ2n) is 6.12. The molecule has 2 aromatic heterocycles. The number of imidazole rings is 1. The standard InChI is InChI=1S/C16H19N5O6S/c1-7(22)20-14-11-15(18-5-17-14)21(6-19-11)16-13(26-9(3)24)12(25-8(2)23)10(4-28)27-16/h5-6,10,12-13,16,28H,4H2,1-3H3,(H,17,18,20,22)/t10-,12?,13?,16-/m1/s1. The molecule has 3 heterocycles. The number of ether oxygens (including phenoxy) is 3. The average Bonchev–Trinajstić information content (AvgIpc) is 3.16. The van der Waals surface area contributed by atoms with Gasteiger partial charge in [-0.15, -0.1) is 0 Å². The molecule has 0 aliphatic carbocycles. The smallest absolute Gasteiger partial charge is 0.303 e. The van der Waals surface area contributed by atoms with Crippen molar-refractivity contribution in [3.8, 4) is 0 Å². The van der Waals surface area contributed by atoms with Crippen LogP contribution < -0.4 is 5.32 Å². The summed E-state index contributed by atoms with van der Waals surface area (Å²) < 4.78 is 18.2. The zero-order valence-electron chi connectivity index (χ0n) is 15.4. The minimum absolute atomic E-state index is 0.227. The molecule has 0 aromatic carbocycles. The number of hydrogen-bond donors (Lipinski definition) is 2. The first-order chi connectivity index (χ1) is 13.3. The third-order valence-corrected chi connectivity index (χ3v) is 4.36. The molecule has 4 atom stereocenters. The van der Waals surface area contributed by atoms with E-state index in [0.29, 0.717) is 11.2 Å². The fourth-order valence-corrected chi connectivity index (χ4v) is 3.32. The van der Waals surface area contributed by atoms with E-state index in [2.05, 4.69) is 32.9 Å². The number of carbonyl (C=O) groups is 3. The predicted octanol–water partition coefficient (Wildman–Crippen LogP) is 0.475. The number of amides is 1. The number of carbonyl (C=O) groups excluding carboxylic acids is 3. The van der Waals surface area contributed by atoms with Gasteiger partial charge in [0.15, 0.2) is 35.4 Å². The molecule has 1 aliphatic rings. The minimum Gasteiger partial charge on any atom is -0.456 e. The topological polar surface area (TPSA) is 135 Å². The molecule has 0 saturated carbocycles. The number of thiol groups is 1. The highest BCUT2D eigenvalue weighted by Crippen LogP contribution is 2.36. The van der Waals surface area contributed by atoms with E-state index in [0.717, 1.165) is 0 Å². The summed E-state index contributed by atoms with van der Waals surface area (Å²) in [5.41, 5.74) is 0.684. The van der Waals surface area contributed by atoms with Gasteiger partial charge in [-0.05, 0) is 0 Å². The van der Waals surface area contributed by atoms with Crippen LogP contribution in [0.3, 0.4) is 0 Å². The Morgan fingerprint density at radius 2 is 1.82 bits per heavy atom. The summed E-state index contributed by atoms with van der Waals surface area (Å²) in [6, 6.07) is 0. The molecule has 1 aliphatic heterocycles. The van der Waals surface area contributed by atoms with Gasteiger partial charge in [-0.3, -0.25) is 19.0 Å². The Morgan fingerprint density at radius 3 is 2.43 bits per heavy atom. The second kappa shape index (κ2) is 8.10. The van der Waals surface area contributed by atoms with Gasteiger partial charge >= 0.3 is 11.9 Å². The maximum atomic E-state index is 11.6. The van der Waals surface area contributed by atoms with E-state index < -0.39 is 36.5 Å². The van der Waals surface area contributed by atoms with Gasteiger partial charge in [0.25, 0.3) is 0 Å². The zero-order chi connectivity index (χ0) is 20.4. The van der Waals surface area contributed by atoms with Gasteiger partial charge in [-0.25, -0.2) is 15.0 Å². The Balaban J connectivity index is 2.04. The summed E-state index contributed by atoms with van der Waals surface area (Å²) in [6.07, 6.45) is -0.571. The lowest BCUT2D eigenvalue weighted by Crippen LogP contribution is -2.39. The largest absolute Gasteiger partial charge is 0.456 e. The first-order valence-corrected chi connectivity index (χ1v) is 9.01. The van der Waals surface area contributed by atoms with Gasteiger partial charge in [0.05, 0.1) is 6.33 Å². The fourth-order valence-electron chi connectivity index (χ4n) is 3.03. The van der Waals surface area contributed by atoms with Crippen LogP contribution in [-0.2, 0) is 28.6 Å². The van der Waals surface area contributed by atoms with Crippen molar-refractivity contribution in [2.45, 2.75) is 45.3 Å². The Hall–Kier alpha value is -2.73. The van der Waals surface area contributed by atoms with E-state index in [1.807, 2.05) is 0 Å². The SMILES string of the molecule is CC(=O)Nc1ncnc2c1ncn2[C@@H]1O[C@H](CS)C(OC(C)=O)C1OC(C)=O. The van der Waals surface area contributed by atoms with E-state index in [1.165, 1.54) is 38.0 Å². The number of fused-ring (bicyclic) bond motifs is 1. The van der Waals surface area contributed by atoms with Gasteiger partial charge in [0, 0.05) is 26.5 Å². The predicted molar refractivity (Wildman–Crippen MR) is 98.5 cm³/mol. The van der Waals surface area contributed by atoms with E-state index in [9.17, 15) is 14.4 Å². The minimum atomic E-state index is -0.935. The number of esters is 2. The molecular formula is C16H19N5O6S. The average molecular weight is 409 g/mol. The van der Waals surface area contributed by atoms with Crippen molar-refractivity contribution in [3.05, 3.63) is 12.7 Å². The molecule has 12 heteroatoms. The lowest BCUT2D eigenvalue weighted by Gasteiger charge is -2.23. The first-order valence-electron chi connectivity index (χ1n) is 8.37. The van der Waals surface area contributed by atoms with Crippen molar-refractivity contribution < 1.29 is 28.6 Å². The van der Waals surface area contributed by atoms with Crippen LogP contribution >= 0.6 is 12.6 Å². The third kappa shape index (κ3) is 3.92. The summed E-state index contributed by atoms with van der Waals surface area (Å²) in [5, 5.41) is 2.58. The van der Waals surface area contributed by atoms with Crippen LogP contribution in [0.2, 0.25) is 0 Å². The first kappa shape index (κ1) is 20.0. The number of hydrogen-bond acceptors (Lipinski definition) is 10. The monoisotopic (exact) mass is 409 g/mol. The van der Waals surface area contributed by atoms with E-state index in [1.54, 1.807) is 0 Å². The molecule has 11 nitrogen and oxygen atoms in total. The van der Waals surface area contributed by atoms with Crippen molar-refractivity contribution in [1.82, 2.24) is 19.5 Å². The van der Waals surface area contributed by atoms with Crippen LogP contribution in [0.1, 0.15) is 27.0 Å². The van der Waals surface area contributed by atoms with E-state index >= 15 is 0 Å². The van der Waals surface area contributed by atoms with Gasteiger partial charge in [0.2, 0.25) is 5.91 Å². The van der Waals surface area contributed by atoms with Crippen molar-refractivity contribution in [1.29, 1.82) is 0 Å². The van der Waals surface area contributed by atoms with E-state index in [4.69, 9.17) is 14.2 Å². The molecular weight excluding hydrogens is 390 g/mol. The Bertz CT molecular complexity index is 918. The highest BCUT2D eigenvalue weighted by Gasteiger charge is 2.50. The molecule has 0 bridgehead atoms. The van der Waals surface area contributed by atoms with Crippen LogP contribution in [0.4, 0.5) is 5.82 Å². The Kier molecular flexibility index (Phi) is 5.79. The molecule has 1 fully saturated rings. The lowest BCUT2D eigenvalue weighted by atomic mass is 10.1. The molecule has 1 saturated heterocycles. The molecule has 0 radical (unpaired) electrons. The van der Waals surface area contributed by atoms with Crippen LogP contribution in [0.15, 0.2) is 12.7 Å². The van der Waals surface area contributed by atoms with Crippen LogP contribution in [0, 0.1) is 0 Å². The summed E-state index contributed by atoms with van der Waals surface area (Å²) in [4.78, 5) is 47.0. The maximum absolute atomic E-state index is 11.6. The molecule has 28 heavy (non-hydrogen) atoms. The molecule has 2 aromatic rings. The summed E-state index contributed by atoms with van der Waals surface area (Å²) in [6.45, 7) is 3.86.